The molecule has 0 radical (unpaired) electrons. The number of nitrogens with one attached hydrogen (secondary N) is 1. The van der Waals surface area contributed by atoms with Crippen LogP contribution in [0.1, 0.15) is 113 Å². The van der Waals surface area contributed by atoms with Crippen molar-refractivity contribution in [3.8, 4) is 0 Å². The highest BCUT2D eigenvalue weighted by Gasteiger charge is 2.47. The Morgan fingerprint density at radius 2 is 1.39 bits per heavy atom. The van der Waals surface area contributed by atoms with E-state index in [2.05, 4.69) is 69.4 Å². The summed E-state index contributed by atoms with van der Waals surface area (Å²) in [5.74, 6) is -1.56. The van der Waals surface area contributed by atoms with Crippen molar-refractivity contribution in [1.29, 1.82) is 0 Å². The van der Waals surface area contributed by atoms with Gasteiger partial charge in [0.25, 0.3) is 0 Å². The van der Waals surface area contributed by atoms with Crippen LogP contribution in [-0.2, 0) is 9.47 Å². The van der Waals surface area contributed by atoms with E-state index in [-0.39, 0.29) is 12.0 Å². The Balaban J connectivity index is 1.67. The number of aryl methyl sites for hydroxylation is 1. The Morgan fingerprint density at radius 1 is 0.761 bits per heavy atom. The molecule has 240 valence electrons. The smallest absolute Gasteiger partial charge is 0.338 e. The van der Waals surface area contributed by atoms with Gasteiger partial charge in [-0.2, -0.15) is 0 Å². The van der Waals surface area contributed by atoms with Gasteiger partial charge < -0.3 is 20.5 Å². The molecule has 0 fully saturated rings. The Labute approximate surface area is 273 Å². The van der Waals surface area contributed by atoms with Gasteiger partial charge in [0, 0.05) is 24.2 Å². The number of anilines is 1. The number of fused-ring (bicyclic) bond motifs is 1. The zero-order chi connectivity index (χ0) is 32.6. The molecular weight excluding hydrogens is 572 g/mol. The molecule has 4 aromatic rings. The molecule has 1 aliphatic rings. The molecule has 0 heterocycles. The monoisotopic (exact) mass is 618 g/mol. The van der Waals surface area contributed by atoms with Crippen molar-refractivity contribution in [1.82, 2.24) is 0 Å². The molecule has 46 heavy (non-hydrogen) atoms. The minimum Gasteiger partial charge on any atom is -0.454 e. The highest BCUT2D eigenvalue weighted by Crippen LogP contribution is 2.47. The van der Waals surface area contributed by atoms with Crippen molar-refractivity contribution in [2.45, 2.75) is 83.5 Å². The molecule has 0 spiro atoms. The quantitative estimate of drug-likeness (QED) is 0.122. The van der Waals surface area contributed by atoms with Gasteiger partial charge in [0.2, 0.25) is 0 Å². The number of esters is 2. The third-order valence-corrected chi connectivity index (χ3v) is 9.09. The highest BCUT2D eigenvalue weighted by atomic mass is 16.6. The van der Waals surface area contributed by atoms with Crippen LogP contribution in [0.3, 0.4) is 0 Å². The van der Waals surface area contributed by atoms with E-state index in [1.807, 2.05) is 36.4 Å². The van der Waals surface area contributed by atoms with E-state index in [1.165, 1.54) is 0 Å². The third-order valence-electron chi connectivity index (χ3n) is 9.09. The molecule has 0 saturated carbocycles. The normalized spacial score (nSPS) is 19.5. The molecule has 0 saturated heterocycles. The first kappa shape index (κ1) is 33.0. The lowest BCUT2D eigenvalue weighted by Crippen LogP contribution is -2.47. The van der Waals surface area contributed by atoms with Crippen molar-refractivity contribution >= 4 is 17.6 Å². The summed E-state index contributed by atoms with van der Waals surface area (Å²) >= 11 is 0. The fraction of sp³-hybridized carbons (Fsp3) is 0.350. The van der Waals surface area contributed by atoms with Crippen LogP contribution in [0, 0.1) is 6.92 Å². The molecule has 0 aliphatic heterocycles. The minimum atomic E-state index is -0.793. The number of unbranched alkanes of at least 4 members (excludes halogenated alkanes) is 1. The Bertz CT molecular complexity index is 1620. The molecule has 0 aromatic heterocycles. The molecule has 0 amide bonds. The molecule has 4 aromatic carbocycles. The lowest BCUT2D eigenvalue weighted by Gasteiger charge is -2.43. The SMILES string of the molecule is CCCCNc1ccc2c(c1)C(C)C(OC(=O)c1ccccc1)C(OC(=O)c1ccccc1)[C@H]2c1cc(C(N)CCC)ccc1C. The average molecular weight is 619 g/mol. The first-order valence-corrected chi connectivity index (χ1v) is 16.6. The van der Waals surface area contributed by atoms with Gasteiger partial charge in [0.05, 0.1) is 17.0 Å². The van der Waals surface area contributed by atoms with E-state index in [9.17, 15) is 9.59 Å². The number of nitrogens with two attached hydrogens (primary N) is 1. The van der Waals surface area contributed by atoms with Crippen LogP contribution >= 0.6 is 0 Å². The number of ether oxygens (including phenoxy) is 2. The van der Waals surface area contributed by atoms with Crippen molar-refractivity contribution in [2.75, 3.05) is 11.9 Å². The molecule has 4 unspecified atom stereocenters. The first-order valence-electron chi connectivity index (χ1n) is 16.6. The first-order chi connectivity index (χ1) is 22.3. The van der Waals surface area contributed by atoms with E-state index < -0.39 is 30.1 Å². The number of rotatable bonds is 12. The van der Waals surface area contributed by atoms with Crippen LogP contribution in [0.25, 0.3) is 0 Å². The van der Waals surface area contributed by atoms with Gasteiger partial charge in [-0.05, 0) is 84.0 Å². The fourth-order valence-electron chi connectivity index (χ4n) is 6.48. The zero-order valence-electron chi connectivity index (χ0n) is 27.4. The van der Waals surface area contributed by atoms with Crippen LogP contribution in [0.2, 0.25) is 0 Å². The van der Waals surface area contributed by atoms with Crippen LogP contribution in [-0.4, -0.2) is 30.7 Å². The maximum Gasteiger partial charge on any atom is 0.338 e. The third kappa shape index (κ3) is 7.34. The number of carbonyl (C=O) groups is 2. The number of hydrogen-bond acceptors (Lipinski definition) is 6. The molecule has 3 N–H and O–H groups in total. The topological polar surface area (TPSA) is 90.6 Å². The van der Waals surface area contributed by atoms with Gasteiger partial charge in [0.15, 0.2) is 6.10 Å². The van der Waals surface area contributed by atoms with Crippen LogP contribution < -0.4 is 11.1 Å². The molecule has 6 nitrogen and oxygen atoms in total. The van der Waals surface area contributed by atoms with Gasteiger partial charge in [-0.15, -0.1) is 0 Å². The lowest BCUT2D eigenvalue weighted by molar-refractivity contribution is -0.0532. The second kappa shape index (κ2) is 15.2. The summed E-state index contributed by atoms with van der Waals surface area (Å²) in [6.45, 7) is 9.30. The van der Waals surface area contributed by atoms with E-state index >= 15 is 0 Å². The Morgan fingerprint density at radius 3 is 2.00 bits per heavy atom. The molecule has 0 bridgehead atoms. The van der Waals surface area contributed by atoms with E-state index in [0.717, 1.165) is 65.7 Å². The summed E-state index contributed by atoms with van der Waals surface area (Å²) in [5.41, 5.74) is 13.8. The summed E-state index contributed by atoms with van der Waals surface area (Å²) in [6.07, 6.45) is 2.44. The maximum atomic E-state index is 13.8. The highest BCUT2D eigenvalue weighted by molar-refractivity contribution is 5.90. The maximum absolute atomic E-state index is 13.8. The predicted octanol–water partition coefficient (Wildman–Crippen LogP) is 8.71. The van der Waals surface area contributed by atoms with Gasteiger partial charge >= 0.3 is 11.9 Å². The minimum absolute atomic E-state index is 0.117. The molecule has 1 aliphatic carbocycles. The van der Waals surface area contributed by atoms with Crippen molar-refractivity contribution < 1.29 is 19.1 Å². The number of carbonyl (C=O) groups excluding carboxylic acids is 2. The molecular formula is C40H46N2O4. The number of hydrogen-bond donors (Lipinski definition) is 2. The van der Waals surface area contributed by atoms with Gasteiger partial charge in [-0.1, -0.05) is 94.3 Å². The van der Waals surface area contributed by atoms with Gasteiger partial charge in [-0.25, -0.2) is 9.59 Å². The van der Waals surface area contributed by atoms with Crippen molar-refractivity contribution in [2.24, 2.45) is 5.73 Å². The summed E-state index contributed by atoms with van der Waals surface area (Å²) in [6, 6.07) is 30.6. The largest absolute Gasteiger partial charge is 0.454 e. The molecule has 5 rings (SSSR count). The summed E-state index contributed by atoms with van der Waals surface area (Å²) < 4.78 is 12.9. The van der Waals surface area contributed by atoms with Crippen LogP contribution in [0.15, 0.2) is 97.1 Å². The predicted molar refractivity (Wildman–Crippen MR) is 184 cm³/mol. The Hall–Kier alpha value is -4.42. The second-order valence-corrected chi connectivity index (χ2v) is 12.4. The summed E-state index contributed by atoms with van der Waals surface area (Å²) in [7, 11) is 0. The summed E-state index contributed by atoms with van der Waals surface area (Å²) in [4.78, 5) is 27.4. The second-order valence-electron chi connectivity index (χ2n) is 12.4. The van der Waals surface area contributed by atoms with Crippen molar-refractivity contribution in [3.05, 3.63) is 136 Å². The standard InChI is InChI=1S/C40H46N2O4/c1-5-7-23-42-31-21-22-32-34(25-31)27(4)37(45-39(43)28-15-10-8-11-16-28)38(46-40(44)29-17-12-9-13-18-29)36(32)33-24-30(20-19-26(33)3)35(41)14-6-2/h8-13,15-22,24-25,27,35-38,42H,5-7,14,23,41H2,1-4H3/t27?,35?,36-,37?,38?/m1/s1. The van der Waals surface area contributed by atoms with Gasteiger partial charge in [0.1, 0.15) is 6.10 Å². The fourth-order valence-corrected chi connectivity index (χ4v) is 6.48. The summed E-state index contributed by atoms with van der Waals surface area (Å²) in [5, 5.41) is 3.56. The van der Waals surface area contributed by atoms with E-state index in [1.54, 1.807) is 24.3 Å². The van der Waals surface area contributed by atoms with E-state index in [4.69, 9.17) is 15.2 Å². The number of benzene rings is 4. The molecule has 6 heteroatoms. The van der Waals surface area contributed by atoms with Gasteiger partial charge in [-0.3, -0.25) is 0 Å². The molecule has 5 atom stereocenters. The van der Waals surface area contributed by atoms with Crippen LogP contribution in [0.5, 0.6) is 0 Å². The average Bonchev–Trinajstić information content (AvgIpc) is 3.08. The van der Waals surface area contributed by atoms with Crippen molar-refractivity contribution in [3.63, 3.8) is 0 Å². The lowest BCUT2D eigenvalue weighted by atomic mass is 9.69. The van der Waals surface area contributed by atoms with Crippen LogP contribution in [0.4, 0.5) is 5.69 Å². The van der Waals surface area contributed by atoms with E-state index in [0.29, 0.717) is 11.1 Å². The Kier molecular flexibility index (Phi) is 10.9. The zero-order valence-corrected chi connectivity index (χ0v) is 27.4.